The molecule has 0 bridgehead atoms. The van der Waals surface area contributed by atoms with Crippen molar-refractivity contribution in [3.05, 3.63) is 24.3 Å². The lowest BCUT2D eigenvalue weighted by Crippen LogP contribution is -2.44. The average Bonchev–Trinajstić information content (AvgIpc) is 2.80. The Morgan fingerprint density at radius 1 is 1.24 bits per heavy atom. The Kier molecular flexibility index (Phi) is 4.57. The molecule has 0 radical (unpaired) electrons. The van der Waals surface area contributed by atoms with E-state index in [0.717, 1.165) is 4.90 Å². The monoisotopic (exact) mass is 290 g/mol. The second-order valence-electron chi connectivity index (χ2n) is 4.78. The maximum atomic E-state index is 12.1. The van der Waals surface area contributed by atoms with Gasteiger partial charge in [-0.2, -0.15) is 0 Å². The number of amides is 3. The maximum absolute atomic E-state index is 12.1. The van der Waals surface area contributed by atoms with Gasteiger partial charge in [-0.25, -0.2) is 0 Å². The van der Waals surface area contributed by atoms with E-state index in [1.165, 1.54) is 0 Å². The summed E-state index contributed by atoms with van der Waals surface area (Å²) in [5, 5.41) is 2.69. The minimum Gasteiger partial charge on any atom is -0.494 e. The van der Waals surface area contributed by atoms with Crippen LogP contribution >= 0.6 is 0 Å². The van der Waals surface area contributed by atoms with Crippen LogP contribution in [0.15, 0.2) is 24.3 Å². The zero-order chi connectivity index (χ0) is 15.4. The van der Waals surface area contributed by atoms with Crippen LogP contribution in [-0.4, -0.2) is 35.3 Å². The summed E-state index contributed by atoms with van der Waals surface area (Å²) in [6, 6.07) is 6.11. The Morgan fingerprint density at radius 3 is 2.33 bits per heavy atom. The Morgan fingerprint density at radius 2 is 1.81 bits per heavy atom. The lowest BCUT2D eigenvalue weighted by Gasteiger charge is -2.21. The molecule has 0 aliphatic carbocycles. The molecular weight excluding hydrogens is 272 g/mol. The van der Waals surface area contributed by atoms with Gasteiger partial charge >= 0.3 is 0 Å². The largest absolute Gasteiger partial charge is 0.494 e. The molecule has 6 heteroatoms. The Bertz CT molecular complexity index is 537. The van der Waals surface area contributed by atoms with E-state index in [2.05, 4.69) is 5.32 Å². The zero-order valence-corrected chi connectivity index (χ0v) is 12.1. The highest BCUT2D eigenvalue weighted by Crippen LogP contribution is 2.18. The van der Waals surface area contributed by atoms with Crippen molar-refractivity contribution in [1.82, 2.24) is 4.90 Å². The van der Waals surface area contributed by atoms with Crippen LogP contribution in [-0.2, 0) is 14.4 Å². The lowest BCUT2D eigenvalue weighted by atomic mass is 10.2. The summed E-state index contributed by atoms with van der Waals surface area (Å²) in [5.41, 5.74) is 0.592. The van der Waals surface area contributed by atoms with E-state index < -0.39 is 6.04 Å². The van der Waals surface area contributed by atoms with Crippen LogP contribution in [0.3, 0.4) is 0 Å². The fourth-order valence-corrected chi connectivity index (χ4v) is 2.19. The first-order valence-corrected chi connectivity index (χ1v) is 6.91. The summed E-state index contributed by atoms with van der Waals surface area (Å²) in [6.45, 7) is 4.01. The zero-order valence-electron chi connectivity index (χ0n) is 12.1. The van der Waals surface area contributed by atoms with Gasteiger partial charge in [0.1, 0.15) is 11.8 Å². The highest BCUT2D eigenvalue weighted by Gasteiger charge is 2.36. The van der Waals surface area contributed by atoms with E-state index in [1.54, 1.807) is 31.2 Å². The third-order valence-corrected chi connectivity index (χ3v) is 3.29. The summed E-state index contributed by atoms with van der Waals surface area (Å²) >= 11 is 0. The molecular formula is C15H18N2O4. The van der Waals surface area contributed by atoms with Crippen molar-refractivity contribution in [2.45, 2.75) is 32.7 Å². The number of nitrogens with one attached hydrogen (secondary N) is 1. The second-order valence-corrected chi connectivity index (χ2v) is 4.78. The molecule has 0 saturated carbocycles. The van der Waals surface area contributed by atoms with E-state index in [9.17, 15) is 14.4 Å². The van der Waals surface area contributed by atoms with Gasteiger partial charge in [-0.1, -0.05) is 0 Å². The number of nitrogens with zero attached hydrogens (tertiary/aromatic N) is 1. The molecule has 3 amide bonds. The number of ether oxygens (including phenoxy) is 1. The molecule has 0 aromatic heterocycles. The van der Waals surface area contributed by atoms with Crippen LogP contribution in [0.2, 0.25) is 0 Å². The van der Waals surface area contributed by atoms with Gasteiger partial charge in [0.25, 0.3) is 0 Å². The summed E-state index contributed by atoms with van der Waals surface area (Å²) in [6.07, 6.45) is 0.360. The van der Waals surface area contributed by atoms with Gasteiger partial charge in [-0.3, -0.25) is 19.3 Å². The SMILES string of the molecule is CCOc1ccc(NC(=O)[C@H](C)N2C(=O)CCC2=O)cc1. The smallest absolute Gasteiger partial charge is 0.247 e. The predicted molar refractivity (Wildman–Crippen MR) is 76.8 cm³/mol. The third-order valence-electron chi connectivity index (χ3n) is 3.29. The van der Waals surface area contributed by atoms with Gasteiger partial charge in [0.05, 0.1) is 6.61 Å². The molecule has 6 nitrogen and oxygen atoms in total. The fraction of sp³-hybridized carbons (Fsp3) is 0.400. The van der Waals surface area contributed by atoms with Crippen LogP contribution in [0.1, 0.15) is 26.7 Å². The molecule has 2 rings (SSSR count). The van der Waals surface area contributed by atoms with Crippen molar-refractivity contribution in [2.75, 3.05) is 11.9 Å². The molecule has 1 aromatic carbocycles. The van der Waals surface area contributed by atoms with Gasteiger partial charge in [-0.15, -0.1) is 0 Å². The van der Waals surface area contributed by atoms with Crippen molar-refractivity contribution in [2.24, 2.45) is 0 Å². The average molecular weight is 290 g/mol. The normalized spacial score (nSPS) is 16.0. The van der Waals surface area contributed by atoms with Crippen LogP contribution < -0.4 is 10.1 Å². The lowest BCUT2D eigenvalue weighted by molar-refractivity contribution is -0.144. The number of rotatable bonds is 5. The minimum absolute atomic E-state index is 0.180. The van der Waals surface area contributed by atoms with Crippen LogP contribution in [0.5, 0.6) is 5.75 Å². The first-order chi connectivity index (χ1) is 10.0. The van der Waals surface area contributed by atoms with E-state index in [4.69, 9.17) is 4.74 Å². The molecule has 1 aliphatic heterocycles. The van der Waals surface area contributed by atoms with E-state index in [1.807, 2.05) is 6.92 Å². The van der Waals surface area contributed by atoms with Crippen molar-refractivity contribution < 1.29 is 19.1 Å². The molecule has 0 unspecified atom stereocenters. The Hall–Kier alpha value is -2.37. The number of carbonyl (C=O) groups is 3. The topological polar surface area (TPSA) is 75.7 Å². The van der Waals surface area contributed by atoms with E-state index in [-0.39, 0.29) is 30.6 Å². The first-order valence-electron chi connectivity index (χ1n) is 6.91. The molecule has 1 N–H and O–H groups in total. The number of hydrogen-bond donors (Lipinski definition) is 1. The number of hydrogen-bond acceptors (Lipinski definition) is 4. The van der Waals surface area contributed by atoms with Crippen molar-refractivity contribution in [1.29, 1.82) is 0 Å². The van der Waals surface area contributed by atoms with Crippen LogP contribution in [0.4, 0.5) is 5.69 Å². The van der Waals surface area contributed by atoms with Crippen LogP contribution in [0.25, 0.3) is 0 Å². The molecule has 1 aromatic rings. The molecule has 1 saturated heterocycles. The second kappa shape index (κ2) is 6.39. The van der Waals surface area contributed by atoms with Crippen molar-refractivity contribution >= 4 is 23.4 Å². The van der Waals surface area contributed by atoms with Gasteiger partial charge in [0, 0.05) is 18.5 Å². The summed E-state index contributed by atoms with van der Waals surface area (Å²) in [7, 11) is 0. The summed E-state index contributed by atoms with van der Waals surface area (Å²) < 4.78 is 5.31. The van der Waals surface area contributed by atoms with E-state index in [0.29, 0.717) is 18.0 Å². The first kappa shape index (κ1) is 15.0. The summed E-state index contributed by atoms with van der Waals surface area (Å²) in [4.78, 5) is 36.4. The van der Waals surface area contributed by atoms with Gasteiger partial charge in [0.2, 0.25) is 17.7 Å². The van der Waals surface area contributed by atoms with Gasteiger partial charge < -0.3 is 10.1 Å². The quantitative estimate of drug-likeness (QED) is 0.835. The Labute approximate surface area is 123 Å². The third kappa shape index (κ3) is 3.39. The molecule has 0 spiro atoms. The number of benzene rings is 1. The van der Waals surface area contributed by atoms with Crippen molar-refractivity contribution in [3.8, 4) is 5.75 Å². The molecule has 21 heavy (non-hydrogen) atoms. The molecule has 112 valence electrons. The molecule has 1 atom stereocenters. The van der Waals surface area contributed by atoms with Crippen molar-refractivity contribution in [3.63, 3.8) is 0 Å². The standard InChI is InChI=1S/C15H18N2O4/c1-3-21-12-6-4-11(5-7-12)16-15(20)10(2)17-13(18)8-9-14(17)19/h4-7,10H,3,8-9H2,1-2H3,(H,16,20)/t10-/m0/s1. The Balaban J connectivity index is 2.00. The number of imide groups is 1. The maximum Gasteiger partial charge on any atom is 0.247 e. The highest BCUT2D eigenvalue weighted by molar-refractivity contribution is 6.07. The molecule has 1 heterocycles. The molecule has 1 fully saturated rings. The van der Waals surface area contributed by atoms with Crippen LogP contribution in [0, 0.1) is 0 Å². The predicted octanol–water partition coefficient (Wildman–Crippen LogP) is 1.56. The van der Waals surface area contributed by atoms with E-state index >= 15 is 0 Å². The molecule has 1 aliphatic rings. The number of carbonyl (C=O) groups excluding carboxylic acids is 3. The summed E-state index contributed by atoms with van der Waals surface area (Å²) in [5.74, 6) is -0.264. The minimum atomic E-state index is -0.806. The fourth-order valence-electron chi connectivity index (χ4n) is 2.19. The highest BCUT2D eigenvalue weighted by atomic mass is 16.5. The number of likely N-dealkylation sites (tertiary alicyclic amines) is 1. The van der Waals surface area contributed by atoms with Gasteiger partial charge in [-0.05, 0) is 38.1 Å². The number of anilines is 1. The van der Waals surface area contributed by atoms with Gasteiger partial charge in [0.15, 0.2) is 0 Å².